The van der Waals surface area contributed by atoms with E-state index in [4.69, 9.17) is 9.47 Å². The lowest BCUT2D eigenvalue weighted by Gasteiger charge is -2.22. The van der Waals surface area contributed by atoms with E-state index in [1.54, 1.807) is 12.1 Å². The number of halogens is 8. The maximum atomic E-state index is 13.0. The number of methoxy groups -OCH3 is 2. The van der Waals surface area contributed by atoms with Crippen molar-refractivity contribution < 1.29 is 54.1 Å². The average molecular weight is 534 g/mol. The fraction of sp³-hybridized carbons (Fsp3) is 0.500. The molecule has 2 rings (SSSR count). The van der Waals surface area contributed by atoms with Gasteiger partial charge >= 0.3 is 11.8 Å². The largest absolute Gasteiger partial charge is 0.493 e. The van der Waals surface area contributed by atoms with Crippen LogP contribution in [0.3, 0.4) is 0 Å². The lowest BCUT2D eigenvalue weighted by molar-refractivity contribution is -0.224. The van der Waals surface area contributed by atoms with E-state index >= 15 is 0 Å². The second-order valence-electron chi connectivity index (χ2n) is 7.42. The maximum Gasteiger partial charge on any atom is 0.332 e. The first kappa shape index (κ1) is 33.4. The predicted molar refractivity (Wildman–Crippen MR) is 119 cm³/mol. The van der Waals surface area contributed by atoms with E-state index in [0.29, 0.717) is 30.6 Å². The Balaban J connectivity index is 0.000000630. The Labute approximate surface area is 205 Å². The van der Waals surface area contributed by atoms with Crippen LogP contribution in [-0.4, -0.2) is 52.1 Å². The Hall–Kier alpha value is -2.60. The number of hydrogen-bond donors (Lipinski definition) is 0. The Morgan fingerprint density at radius 2 is 1.22 bits per heavy atom. The highest BCUT2D eigenvalue weighted by atomic mass is 19.3. The molecular weight excluding hydrogens is 504 g/mol. The topological polar surface area (TPSA) is 36.9 Å². The highest BCUT2D eigenvalue weighted by molar-refractivity contribution is 5.42. The van der Waals surface area contributed by atoms with Gasteiger partial charge in [-0.15, -0.1) is 0 Å². The summed E-state index contributed by atoms with van der Waals surface area (Å²) in [6.07, 6.45) is 0. The molecule has 0 radical (unpaired) electrons. The fourth-order valence-corrected chi connectivity index (χ4v) is 2.12. The SMILES string of the molecule is CC(F)(F)CF.COc1ccc(COCC(F)(F)C(C)(F)F)cc1OC.FCOCc1ccccc1. The molecule has 0 saturated carbocycles. The second-order valence-corrected chi connectivity index (χ2v) is 7.42. The van der Waals surface area contributed by atoms with Crippen LogP contribution in [0.1, 0.15) is 25.0 Å². The predicted octanol–water partition coefficient (Wildman–Crippen LogP) is 7.25. The Kier molecular flexibility index (Phi) is 15.0. The van der Waals surface area contributed by atoms with Crippen LogP contribution < -0.4 is 9.47 Å². The number of benzene rings is 2. The standard InChI is InChI=1S/C13H16F4O3.C8H9FO.C3H5F3/c1-12(14,15)13(16,17)8-20-7-9-4-5-10(18-2)11(6-9)19-3;9-7-10-6-8-4-2-1-3-5-8;1-3(5,6)2-4/h4-6H,7-8H2,1-3H3;1-5H,6-7H2;2H2,1H3. The summed E-state index contributed by atoms with van der Waals surface area (Å²) in [7, 11) is 2.88. The molecule has 0 aliphatic carbocycles. The number of hydrogen-bond acceptors (Lipinski definition) is 4. The lowest BCUT2D eigenvalue weighted by atomic mass is 10.2. The Morgan fingerprint density at radius 1 is 0.694 bits per heavy atom. The van der Waals surface area contributed by atoms with Crippen LogP contribution in [0.4, 0.5) is 35.1 Å². The number of ether oxygens (including phenoxy) is 4. The van der Waals surface area contributed by atoms with Crippen LogP contribution in [0.2, 0.25) is 0 Å². The van der Waals surface area contributed by atoms with Gasteiger partial charge in [-0.25, -0.2) is 26.3 Å². The molecule has 12 heteroatoms. The zero-order chi connectivity index (χ0) is 27.8. The van der Waals surface area contributed by atoms with Crippen molar-refractivity contribution >= 4 is 0 Å². The van der Waals surface area contributed by atoms with E-state index < -0.39 is 37.9 Å². The molecule has 0 aliphatic heterocycles. The summed E-state index contributed by atoms with van der Waals surface area (Å²) in [5, 5.41) is 0. The van der Waals surface area contributed by atoms with Gasteiger partial charge in [-0.3, -0.25) is 0 Å². The molecule has 0 saturated heterocycles. The molecule has 0 N–H and O–H groups in total. The normalized spacial score (nSPS) is 11.6. The molecule has 0 spiro atoms. The summed E-state index contributed by atoms with van der Waals surface area (Å²) in [5.74, 6) is -10.6. The zero-order valence-corrected chi connectivity index (χ0v) is 20.3. The van der Waals surface area contributed by atoms with Gasteiger partial charge in [0.2, 0.25) is 0 Å². The van der Waals surface area contributed by atoms with Crippen LogP contribution in [0.5, 0.6) is 11.5 Å². The molecule has 0 unspecified atom stereocenters. The highest BCUT2D eigenvalue weighted by Gasteiger charge is 2.52. The quantitative estimate of drug-likeness (QED) is 0.285. The molecule has 0 fully saturated rings. The van der Waals surface area contributed by atoms with Crippen LogP contribution in [-0.2, 0) is 22.7 Å². The zero-order valence-electron chi connectivity index (χ0n) is 20.3. The van der Waals surface area contributed by atoms with Gasteiger partial charge in [-0.05, 0) is 23.3 Å². The van der Waals surface area contributed by atoms with Crippen LogP contribution in [0.25, 0.3) is 0 Å². The highest BCUT2D eigenvalue weighted by Crippen LogP contribution is 2.34. The van der Waals surface area contributed by atoms with E-state index in [0.717, 1.165) is 5.56 Å². The lowest BCUT2D eigenvalue weighted by Crippen LogP contribution is -2.41. The van der Waals surface area contributed by atoms with Crippen LogP contribution in [0, 0.1) is 0 Å². The van der Waals surface area contributed by atoms with Gasteiger partial charge in [0.15, 0.2) is 25.0 Å². The van der Waals surface area contributed by atoms with Gasteiger partial charge in [0.1, 0.15) is 6.61 Å². The summed E-state index contributed by atoms with van der Waals surface area (Å²) in [4.78, 5) is 0. The van der Waals surface area contributed by atoms with Gasteiger partial charge in [0, 0.05) is 13.8 Å². The third-order valence-corrected chi connectivity index (χ3v) is 4.07. The monoisotopic (exact) mass is 534 g/mol. The molecule has 0 bridgehead atoms. The van der Waals surface area contributed by atoms with Gasteiger partial charge < -0.3 is 18.9 Å². The van der Waals surface area contributed by atoms with Gasteiger partial charge in [-0.2, -0.15) is 8.78 Å². The number of alkyl halides is 8. The Morgan fingerprint density at radius 3 is 1.67 bits per heavy atom. The van der Waals surface area contributed by atoms with E-state index in [1.807, 2.05) is 30.3 Å². The van der Waals surface area contributed by atoms with Gasteiger partial charge in [0.05, 0.1) is 27.4 Å². The van der Waals surface area contributed by atoms with Gasteiger partial charge in [0.25, 0.3) is 5.92 Å². The molecule has 0 amide bonds. The Bertz CT molecular complexity index is 840. The van der Waals surface area contributed by atoms with Crippen molar-refractivity contribution in [3.8, 4) is 11.5 Å². The molecule has 0 aromatic heterocycles. The molecule has 2 aromatic carbocycles. The third-order valence-electron chi connectivity index (χ3n) is 4.07. The molecule has 0 heterocycles. The first-order valence-corrected chi connectivity index (χ1v) is 10.4. The summed E-state index contributed by atoms with van der Waals surface area (Å²) in [6, 6.07) is 14.2. The minimum atomic E-state index is -4.20. The van der Waals surface area contributed by atoms with Crippen molar-refractivity contribution in [1.82, 2.24) is 0 Å². The summed E-state index contributed by atoms with van der Waals surface area (Å²) < 4.78 is 115. The van der Waals surface area contributed by atoms with Crippen molar-refractivity contribution in [3.05, 3.63) is 59.7 Å². The van der Waals surface area contributed by atoms with Crippen molar-refractivity contribution in [2.75, 3.05) is 34.4 Å². The molecular formula is C24H30F8O4. The molecule has 4 nitrogen and oxygen atoms in total. The molecule has 0 atom stereocenters. The van der Waals surface area contributed by atoms with Crippen molar-refractivity contribution in [1.29, 1.82) is 0 Å². The van der Waals surface area contributed by atoms with E-state index in [9.17, 15) is 35.1 Å². The summed E-state index contributed by atoms with van der Waals surface area (Å²) in [6.45, 7) is -2.81. The van der Waals surface area contributed by atoms with Crippen molar-refractivity contribution in [2.24, 2.45) is 0 Å². The molecule has 2 aromatic rings. The number of rotatable bonds is 11. The maximum absolute atomic E-state index is 13.0. The van der Waals surface area contributed by atoms with E-state index in [1.165, 1.54) is 20.3 Å². The summed E-state index contributed by atoms with van der Waals surface area (Å²) in [5.41, 5.74) is 1.51. The molecule has 36 heavy (non-hydrogen) atoms. The third kappa shape index (κ3) is 14.1. The van der Waals surface area contributed by atoms with E-state index in [2.05, 4.69) is 9.47 Å². The fourth-order valence-electron chi connectivity index (χ4n) is 2.12. The molecule has 0 aliphatic rings. The minimum Gasteiger partial charge on any atom is -0.493 e. The second kappa shape index (κ2) is 16.2. The van der Waals surface area contributed by atoms with Crippen LogP contribution in [0.15, 0.2) is 48.5 Å². The van der Waals surface area contributed by atoms with Gasteiger partial charge in [-0.1, -0.05) is 36.4 Å². The van der Waals surface area contributed by atoms with Crippen molar-refractivity contribution in [3.63, 3.8) is 0 Å². The summed E-state index contributed by atoms with van der Waals surface area (Å²) >= 11 is 0. The molecule has 206 valence electrons. The minimum absolute atomic E-state index is 0.159. The van der Waals surface area contributed by atoms with E-state index in [-0.39, 0.29) is 13.5 Å². The first-order chi connectivity index (χ1) is 16.7. The first-order valence-electron chi connectivity index (χ1n) is 10.4. The smallest absolute Gasteiger partial charge is 0.332 e. The van der Waals surface area contributed by atoms with Crippen LogP contribution >= 0.6 is 0 Å². The van der Waals surface area contributed by atoms with Crippen molar-refractivity contribution in [2.45, 2.75) is 44.8 Å². The average Bonchev–Trinajstić information content (AvgIpc) is 2.82.